The Morgan fingerprint density at radius 1 is 1.47 bits per heavy atom. The van der Waals surface area contributed by atoms with Crippen molar-refractivity contribution in [3.05, 3.63) is 29.3 Å². The molecule has 0 spiro atoms. The molecule has 5 heteroatoms. The van der Waals surface area contributed by atoms with Crippen LogP contribution in [0.2, 0.25) is 0 Å². The quantitative estimate of drug-likeness (QED) is 0.810. The average Bonchev–Trinajstić information content (AvgIpc) is 2.38. The van der Waals surface area contributed by atoms with E-state index < -0.39 is 0 Å². The van der Waals surface area contributed by atoms with Gasteiger partial charge in [0.25, 0.3) is 5.91 Å². The molecule has 1 aromatic rings. The Balaban J connectivity index is 2.20. The molecule has 0 aliphatic carbocycles. The molecule has 1 aromatic carbocycles. The maximum atomic E-state index is 12.3. The van der Waals surface area contributed by atoms with Gasteiger partial charge in [0, 0.05) is 24.6 Å². The Hall–Kier alpha value is -1.88. The summed E-state index contributed by atoms with van der Waals surface area (Å²) in [6, 6.07) is 5.02. The van der Waals surface area contributed by atoms with Crippen molar-refractivity contribution in [2.75, 3.05) is 13.7 Å². The molecule has 1 atom stereocenters. The number of piperidine rings is 1. The Labute approximate surface area is 112 Å². The lowest BCUT2D eigenvalue weighted by Gasteiger charge is -2.28. The smallest absolute Gasteiger partial charge is 0.260 e. The summed E-state index contributed by atoms with van der Waals surface area (Å²) in [5, 5.41) is 0. The van der Waals surface area contributed by atoms with Crippen molar-refractivity contribution < 1.29 is 14.3 Å². The van der Waals surface area contributed by atoms with E-state index in [1.165, 1.54) is 4.90 Å². The normalized spacial score (nSPS) is 19.4. The highest BCUT2D eigenvalue weighted by Crippen LogP contribution is 2.21. The number of rotatable bonds is 2. The number of methoxy groups -OCH3 is 1. The number of carbonyl (C=O) groups is 2. The van der Waals surface area contributed by atoms with E-state index >= 15 is 0 Å². The molecule has 19 heavy (non-hydrogen) atoms. The number of carbonyl (C=O) groups excluding carboxylic acids is 2. The molecule has 1 fully saturated rings. The fourth-order valence-corrected chi connectivity index (χ4v) is 2.24. The van der Waals surface area contributed by atoms with Gasteiger partial charge in [-0.15, -0.1) is 0 Å². The van der Waals surface area contributed by atoms with Crippen molar-refractivity contribution in [1.29, 1.82) is 0 Å². The van der Waals surface area contributed by atoms with E-state index in [2.05, 4.69) is 0 Å². The van der Waals surface area contributed by atoms with E-state index in [4.69, 9.17) is 10.5 Å². The lowest BCUT2D eigenvalue weighted by atomic mass is 10.0. The van der Waals surface area contributed by atoms with Crippen LogP contribution in [0, 0.1) is 6.92 Å². The van der Waals surface area contributed by atoms with Crippen LogP contribution in [0.25, 0.3) is 0 Å². The molecule has 2 N–H and O–H groups in total. The fourth-order valence-electron chi connectivity index (χ4n) is 2.24. The van der Waals surface area contributed by atoms with Crippen LogP contribution in [-0.4, -0.2) is 36.4 Å². The topological polar surface area (TPSA) is 72.6 Å². The first kappa shape index (κ1) is 13.5. The minimum Gasteiger partial charge on any atom is -0.496 e. The summed E-state index contributed by atoms with van der Waals surface area (Å²) in [6.07, 6.45) is 0.896. The van der Waals surface area contributed by atoms with Crippen LogP contribution in [0.3, 0.4) is 0 Å². The average molecular weight is 262 g/mol. The lowest BCUT2D eigenvalue weighted by molar-refractivity contribution is -0.130. The zero-order chi connectivity index (χ0) is 14.0. The zero-order valence-electron chi connectivity index (χ0n) is 11.2. The van der Waals surface area contributed by atoms with Crippen LogP contribution < -0.4 is 10.5 Å². The number of ether oxygens (including phenoxy) is 1. The minimum atomic E-state index is -0.261. The molecule has 1 unspecified atom stereocenters. The highest BCUT2D eigenvalue weighted by molar-refractivity contribution is 6.05. The second-order valence-electron chi connectivity index (χ2n) is 4.79. The number of aryl methyl sites for hydroxylation is 1. The molecule has 2 amide bonds. The van der Waals surface area contributed by atoms with Gasteiger partial charge in [-0.2, -0.15) is 0 Å². The SMILES string of the molecule is COc1ccc(C(=O)N2CCC(N)CC2=O)cc1C. The van der Waals surface area contributed by atoms with E-state index in [-0.39, 0.29) is 24.3 Å². The molecule has 0 bridgehead atoms. The predicted molar refractivity (Wildman–Crippen MR) is 71.0 cm³/mol. The van der Waals surface area contributed by atoms with Gasteiger partial charge in [-0.05, 0) is 37.1 Å². The summed E-state index contributed by atoms with van der Waals surface area (Å²) in [5.74, 6) is 0.267. The van der Waals surface area contributed by atoms with E-state index in [0.717, 1.165) is 11.3 Å². The van der Waals surface area contributed by atoms with Crippen molar-refractivity contribution in [3.63, 3.8) is 0 Å². The summed E-state index contributed by atoms with van der Waals surface area (Å²) in [5.41, 5.74) is 7.08. The summed E-state index contributed by atoms with van der Waals surface area (Å²) < 4.78 is 5.15. The molecule has 2 rings (SSSR count). The number of hydrogen-bond acceptors (Lipinski definition) is 4. The van der Waals surface area contributed by atoms with E-state index in [9.17, 15) is 9.59 Å². The molecule has 0 saturated carbocycles. The lowest BCUT2D eigenvalue weighted by Crippen LogP contribution is -2.46. The Kier molecular flexibility index (Phi) is 3.85. The number of nitrogens with two attached hydrogens (primary N) is 1. The number of amides is 2. The van der Waals surface area contributed by atoms with Crippen LogP contribution in [0.15, 0.2) is 18.2 Å². The summed E-state index contributed by atoms with van der Waals surface area (Å²) in [4.78, 5) is 25.4. The van der Waals surface area contributed by atoms with E-state index in [1.54, 1.807) is 25.3 Å². The largest absolute Gasteiger partial charge is 0.496 e. The third kappa shape index (κ3) is 2.76. The first-order valence-electron chi connectivity index (χ1n) is 6.28. The fraction of sp³-hybridized carbons (Fsp3) is 0.429. The standard InChI is InChI=1S/C14H18N2O3/c1-9-7-10(3-4-12(9)19-2)14(18)16-6-5-11(15)8-13(16)17/h3-4,7,11H,5-6,8,15H2,1-2H3. The van der Waals surface area contributed by atoms with Crippen molar-refractivity contribution in [2.24, 2.45) is 5.73 Å². The van der Waals surface area contributed by atoms with Gasteiger partial charge in [-0.3, -0.25) is 14.5 Å². The number of benzene rings is 1. The van der Waals surface area contributed by atoms with Gasteiger partial charge in [0.1, 0.15) is 5.75 Å². The second-order valence-corrected chi connectivity index (χ2v) is 4.79. The van der Waals surface area contributed by atoms with Gasteiger partial charge >= 0.3 is 0 Å². The minimum absolute atomic E-state index is 0.130. The number of hydrogen-bond donors (Lipinski definition) is 1. The monoisotopic (exact) mass is 262 g/mol. The third-order valence-corrected chi connectivity index (χ3v) is 3.35. The molecule has 0 radical (unpaired) electrons. The number of nitrogens with zero attached hydrogens (tertiary/aromatic N) is 1. The molecule has 1 aliphatic rings. The maximum Gasteiger partial charge on any atom is 0.260 e. The molecule has 1 heterocycles. The van der Waals surface area contributed by atoms with Crippen LogP contribution in [0.4, 0.5) is 0 Å². The predicted octanol–water partition coefficient (Wildman–Crippen LogP) is 1.09. The number of imide groups is 1. The molecule has 0 aromatic heterocycles. The van der Waals surface area contributed by atoms with Gasteiger partial charge in [0.2, 0.25) is 5.91 Å². The first-order valence-corrected chi connectivity index (χ1v) is 6.28. The summed E-state index contributed by atoms with van der Waals surface area (Å²) >= 11 is 0. The Morgan fingerprint density at radius 2 is 2.21 bits per heavy atom. The van der Waals surface area contributed by atoms with E-state index in [1.807, 2.05) is 6.92 Å². The molecule has 5 nitrogen and oxygen atoms in total. The highest BCUT2D eigenvalue weighted by atomic mass is 16.5. The molecular formula is C14H18N2O3. The Bertz CT molecular complexity index is 513. The first-order chi connectivity index (χ1) is 9.02. The van der Waals surface area contributed by atoms with Gasteiger partial charge < -0.3 is 10.5 Å². The summed E-state index contributed by atoms with van der Waals surface area (Å²) in [6.45, 7) is 2.26. The molecule has 1 saturated heterocycles. The zero-order valence-corrected chi connectivity index (χ0v) is 11.2. The van der Waals surface area contributed by atoms with Crippen LogP contribution in [-0.2, 0) is 4.79 Å². The highest BCUT2D eigenvalue weighted by Gasteiger charge is 2.29. The van der Waals surface area contributed by atoms with Gasteiger partial charge in [0.05, 0.1) is 7.11 Å². The Morgan fingerprint density at radius 3 is 2.79 bits per heavy atom. The van der Waals surface area contributed by atoms with Crippen LogP contribution in [0.5, 0.6) is 5.75 Å². The maximum absolute atomic E-state index is 12.3. The summed E-state index contributed by atoms with van der Waals surface area (Å²) in [7, 11) is 1.58. The van der Waals surface area contributed by atoms with Crippen molar-refractivity contribution >= 4 is 11.8 Å². The van der Waals surface area contributed by atoms with Gasteiger partial charge in [0.15, 0.2) is 0 Å². The van der Waals surface area contributed by atoms with Gasteiger partial charge in [-0.25, -0.2) is 0 Å². The van der Waals surface area contributed by atoms with Gasteiger partial charge in [-0.1, -0.05) is 0 Å². The molecule has 102 valence electrons. The van der Waals surface area contributed by atoms with Crippen LogP contribution in [0.1, 0.15) is 28.8 Å². The number of likely N-dealkylation sites (tertiary alicyclic amines) is 1. The third-order valence-electron chi connectivity index (χ3n) is 3.35. The van der Waals surface area contributed by atoms with Crippen molar-refractivity contribution in [2.45, 2.75) is 25.8 Å². The van der Waals surface area contributed by atoms with E-state index in [0.29, 0.717) is 18.5 Å². The second kappa shape index (κ2) is 5.40. The molecule has 1 aliphatic heterocycles. The van der Waals surface area contributed by atoms with Crippen LogP contribution >= 0.6 is 0 Å². The molecular weight excluding hydrogens is 244 g/mol. The van der Waals surface area contributed by atoms with Crippen molar-refractivity contribution in [1.82, 2.24) is 4.90 Å². The van der Waals surface area contributed by atoms with Crippen molar-refractivity contribution in [3.8, 4) is 5.75 Å².